The maximum absolute atomic E-state index is 12.4. The van der Waals surface area contributed by atoms with Crippen molar-refractivity contribution in [3.8, 4) is 0 Å². The minimum atomic E-state index is -0.790. The number of hydrogen-bond donors (Lipinski definition) is 3. The number of aryl methyl sites for hydroxylation is 2. The van der Waals surface area contributed by atoms with Crippen LogP contribution in [0.3, 0.4) is 0 Å². The third-order valence-electron chi connectivity index (χ3n) is 5.48. The molecule has 0 saturated heterocycles. The van der Waals surface area contributed by atoms with Gasteiger partial charge in [-0.05, 0) is 54.5 Å². The first kappa shape index (κ1) is 22.2. The van der Waals surface area contributed by atoms with Crippen molar-refractivity contribution in [2.45, 2.75) is 38.5 Å². The number of hydrogen-bond acceptors (Lipinski definition) is 5. The molecule has 3 heterocycles. The molecule has 4 N–H and O–H groups in total. The van der Waals surface area contributed by atoms with Gasteiger partial charge >= 0.3 is 0 Å². The molecule has 0 aliphatic heterocycles. The fourth-order valence-corrected chi connectivity index (χ4v) is 3.70. The number of fused-ring (bicyclic) bond motifs is 1. The van der Waals surface area contributed by atoms with Crippen LogP contribution in [0.15, 0.2) is 67.5 Å². The number of carbonyl (C=O) groups excluding carboxylic acids is 2. The lowest BCUT2D eigenvalue weighted by atomic mass is 10.1. The summed E-state index contributed by atoms with van der Waals surface area (Å²) >= 11 is 0. The summed E-state index contributed by atoms with van der Waals surface area (Å²) in [5.74, 6) is -0.671. The molecule has 0 aliphatic carbocycles. The Bertz CT molecular complexity index is 1250. The smallest absolute Gasteiger partial charge is 0.268 e. The van der Waals surface area contributed by atoms with Gasteiger partial charge in [-0.15, -0.1) is 0 Å². The van der Waals surface area contributed by atoms with E-state index in [0.29, 0.717) is 32.2 Å². The predicted molar refractivity (Wildman–Crippen MR) is 124 cm³/mol. The lowest BCUT2D eigenvalue weighted by Crippen LogP contribution is -2.12. The average Bonchev–Trinajstić information content (AvgIpc) is 3.46. The molecule has 3 aromatic heterocycles. The third kappa shape index (κ3) is 5.64. The fourth-order valence-electron chi connectivity index (χ4n) is 3.70. The Morgan fingerprint density at radius 1 is 1.21 bits per heavy atom. The minimum absolute atomic E-state index is 0.0462. The largest absolute Gasteiger partial charge is 0.373 e. The second kappa shape index (κ2) is 10.1. The van der Waals surface area contributed by atoms with E-state index in [4.69, 9.17) is 5.73 Å². The quantitative estimate of drug-likeness (QED) is 0.345. The van der Waals surface area contributed by atoms with E-state index in [1.807, 2.05) is 42.6 Å². The highest BCUT2D eigenvalue weighted by atomic mass is 16.3. The molecule has 1 atom stereocenters. The van der Waals surface area contributed by atoms with E-state index in [-0.39, 0.29) is 11.6 Å². The Morgan fingerprint density at radius 3 is 2.85 bits per heavy atom. The second-order valence-electron chi connectivity index (χ2n) is 7.89. The van der Waals surface area contributed by atoms with Crippen LogP contribution in [-0.4, -0.2) is 36.0 Å². The first-order valence-corrected chi connectivity index (χ1v) is 10.8. The number of nitrogens with zero attached hydrogens (tertiary/aromatic N) is 4. The average molecular weight is 447 g/mol. The van der Waals surface area contributed by atoms with E-state index in [9.17, 15) is 14.7 Å². The number of nitrogens with one attached hydrogen (secondary N) is 1. The summed E-state index contributed by atoms with van der Waals surface area (Å²) in [6.07, 6.45) is 9.75. The molecule has 9 nitrogen and oxygen atoms in total. The van der Waals surface area contributed by atoms with Crippen molar-refractivity contribution >= 4 is 28.4 Å². The molecule has 0 saturated carbocycles. The Balaban J connectivity index is 1.33. The molecule has 2 amide bonds. The van der Waals surface area contributed by atoms with Crippen LogP contribution in [0.25, 0.3) is 10.9 Å². The minimum Gasteiger partial charge on any atom is -0.373 e. The van der Waals surface area contributed by atoms with Gasteiger partial charge in [0.25, 0.3) is 5.91 Å². The summed E-state index contributed by atoms with van der Waals surface area (Å²) in [6, 6.07) is 11.7. The molecular weight excluding hydrogens is 420 g/mol. The molecular formula is C24H26N6O3. The Morgan fingerprint density at radius 2 is 2.09 bits per heavy atom. The molecule has 4 rings (SSSR count). The van der Waals surface area contributed by atoms with Gasteiger partial charge in [0, 0.05) is 43.4 Å². The van der Waals surface area contributed by atoms with Crippen LogP contribution in [0.1, 0.15) is 41.5 Å². The summed E-state index contributed by atoms with van der Waals surface area (Å²) in [7, 11) is 0. The number of nitrogens with two attached hydrogens (primary N) is 1. The summed E-state index contributed by atoms with van der Waals surface area (Å²) in [6.45, 7) is 0.691. The SMILES string of the molecule is NC(=O)c1cn([C@H](O)CCCn2ccc3ccc(NC(=O)CCc4cccnc4)cc32)cn1. The standard InChI is InChI=1S/C24H26N6O3/c25-24(33)20-15-30(16-27-20)23(32)4-2-11-29-12-9-18-6-7-19(13-21(18)29)28-22(31)8-5-17-3-1-10-26-14-17/h1,3,6-7,9-10,12-16,23,32H,2,4-5,8,11H2,(H2,25,33)(H,28,31)/t23-/m1/s1. The van der Waals surface area contributed by atoms with E-state index in [0.717, 1.165) is 22.2 Å². The molecule has 0 fully saturated rings. The highest BCUT2D eigenvalue weighted by Gasteiger charge is 2.11. The molecule has 170 valence electrons. The maximum Gasteiger partial charge on any atom is 0.268 e. The van der Waals surface area contributed by atoms with Crippen LogP contribution in [0.5, 0.6) is 0 Å². The Hall–Kier alpha value is -3.98. The number of aromatic nitrogens is 4. The van der Waals surface area contributed by atoms with Crippen molar-refractivity contribution in [1.82, 2.24) is 19.1 Å². The number of aliphatic hydroxyl groups excluding tert-OH is 1. The zero-order chi connectivity index (χ0) is 23.2. The molecule has 0 spiro atoms. The van der Waals surface area contributed by atoms with Crippen molar-refractivity contribution in [2.75, 3.05) is 5.32 Å². The topological polar surface area (TPSA) is 128 Å². The first-order valence-electron chi connectivity index (χ1n) is 10.8. The van der Waals surface area contributed by atoms with Gasteiger partial charge in [0.05, 0.1) is 11.8 Å². The van der Waals surface area contributed by atoms with Crippen molar-refractivity contribution in [3.05, 3.63) is 78.8 Å². The number of amides is 2. The lowest BCUT2D eigenvalue weighted by Gasteiger charge is -2.13. The van der Waals surface area contributed by atoms with Crippen LogP contribution < -0.4 is 11.1 Å². The maximum atomic E-state index is 12.4. The fraction of sp³-hybridized carbons (Fsp3) is 0.250. The monoisotopic (exact) mass is 446 g/mol. The number of primary amides is 1. The molecule has 0 radical (unpaired) electrons. The summed E-state index contributed by atoms with van der Waals surface area (Å²) in [4.78, 5) is 31.5. The summed E-state index contributed by atoms with van der Waals surface area (Å²) in [5.41, 5.74) is 8.11. The molecule has 33 heavy (non-hydrogen) atoms. The summed E-state index contributed by atoms with van der Waals surface area (Å²) < 4.78 is 3.57. The van der Waals surface area contributed by atoms with Crippen LogP contribution in [0.2, 0.25) is 0 Å². The van der Waals surface area contributed by atoms with Crippen molar-refractivity contribution < 1.29 is 14.7 Å². The Kier molecular flexibility index (Phi) is 6.80. The Labute approximate surface area is 190 Å². The highest BCUT2D eigenvalue weighted by Crippen LogP contribution is 2.22. The van der Waals surface area contributed by atoms with Gasteiger partial charge in [-0.25, -0.2) is 4.98 Å². The molecule has 4 aromatic rings. The van der Waals surface area contributed by atoms with Gasteiger partial charge < -0.3 is 25.3 Å². The second-order valence-corrected chi connectivity index (χ2v) is 7.89. The van der Waals surface area contributed by atoms with Crippen LogP contribution in [-0.2, 0) is 17.8 Å². The van der Waals surface area contributed by atoms with Gasteiger partial charge in [0.1, 0.15) is 11.9 Å². The van der Waals surface area contributed by atoms with E-state index >= 15 is 0 Å². The van der Waals surface area contributed by atoms with Crippen molar-refractivity contribution in [2.24, 2.45) is 5.73 Å². The van der Waals surface area contributed by atoms with Crippen molar-refractivity contribution in [3.63, 3.8) is 0 Å². The van der Waals surface area contributed by atoms with Gasteiger partial charge in [0.15, 0.2) is 0 Å². The molecule has 0 aliphatic rings. The van der Waals surface area contributed by atoms with Crippen molar-refractivity contribution in [1.29, 1.82) is 0 Å². The van der Waals surface area contributed by atoms with Gasteiger partial charge in [-0.2, -0.15) is 0 Å². The van der Waals surface area contributed by atoms with Gasteiger partial charge in [-0.1, -0.05) is 12.1 Å². The first-order chi connectivity index (χ1) is 16.0. The van der Waals surface area contributed by atoms with Gasteiger partial charge in [0.2, 0.25) is 5.91 Å². The number of pyridine rings is 1. The third-order valence-corrected chi connectivity index (χ3v) is 5.48. The number of benzene rings is 1. The molecule has 9 heteroatoms. The van der Waals surface area contributed by atoms with Crippen LogP contribution in [0, 0.1) is 0 Å². The normalized spacial score (nSPS) is 12.0. The van der Waals surface area contributed by atoms with E-state index < -0.39 is 12.1 Å². The number of anilines is 1. The number of imidazole rings is 1. The van der Waals surface area contributed by atoms with Crippen LogP contribution in [0.4, 0.5) is 5.69 Å². The molecule has 0 unspecified atom stereocenters. The molecule has 1 aromatic carbocycles. The molecule has 0 bridgehead atoms. The van der Waals surface area contributed by atoms with E-state index in [1.54, 1.807) is 12.4 Å². The summed E-state index contributed by atoms with van der Waals surface area (Å²) in [5, 5.41) is 14.4. The number of aliphatic hydroxyl groups is 1. The zero-order valence-electron chi connectivity index (χ0n) is 18.1. The number of rotatable bonds is 10. The van der Waals surface area contributed by atoms with Crippen LogP contribution >= 0.6 is 0 Å². The lowest BCUT2D eigenvalue weighted by molar-refractivity contribution is -0.116. The number of carbonyl (C=O) groups is 2. The van der Waals surface area contributed by atoms with E-state index in [2.05, 4.69) is 19.9 Å². The van der Waals surface area contributed by atoms with Gasteiger partial charge in [-0.3, -0.25) is 14.6 Å². The predicted octanol–water partition coefficient (Wildman–Crippen LogP) is 2.87. The zero-order valence-corrected chi connectivity index (χ0v) is 18.1. The van der Waals surface area contributed by atoms with E-state index in [1.165, 1.54) is 17.1 Å². The highest BCUT2D eigenvalue weighted by molar-refractivity contribution is 5.94.